The molecule has 1 unspecified atom stereocenters. The van der Waals surface area contributed by atoms with Crippen LogP contribution in [0.15, 0.2) is 29.2 Å². The van der Waals surface area contributed by atoms with E-state index in [9.17, 15) is 13.2 Å². The normalized spacial score (nSPS) is 12.7. The SMILES string of the molecule is CC(CNC(=O)c1ccc(S(C)(=O)=O)cc1)C(N)=S. The van der Waals surface area contributed by atoms with Crippen LogP contribution in [0.1, 0.15) is 17.3 Å². The second-order valence-electron chi connectivity index (χ2n) is 4.31. The molecule has 3 N–H and O–H groups in total. The lowest BCUT2D eigenvalue weighted by Gasteiger charge is -2.11. The lowest BCUT2D eigenvalue weighted by atomic mass is 10.1. The zero-order chi connectivity index (χ0) is 14.6. The molecular formula is C12H16N2O3S2. The van der Waals surface area contributed by atoms with Crippen LogP contribution in [0.4, 0.5) is 0 Å². The third kappa shape index (κ3) is 4.60. The molecule has 5 nitrogen and oxygen atoms in total. The molecule has 0 saturated heterocycles. The highest BCUT2D eigenvalue weighted by atomic mass is 32.2. The lowest BCUT2D eigenvalue weighted by Crippen LogP contribution is -2.33. The molecule has 1 aromatic rings. The van der Waals surface area contributed by atoms with Crippen molar-refractivity contribution in [2.45, 2.75) is 11.8 Å². The van der Waals surface area contributed by atoms with Crippen LogP contribution < -0.4 is 11.1 Å². The molecule has 104 valence electrons. The van der Waals surface area contributed by atoms with Crippen molar-refractivity contribution in [3.05, 3.63) is 29.8 Å². The summed E-state index contributed by atoms with van der Waals surface area (Å²) in [6.07, 6.45) is 1.12. The molecule has 0 saturated carbocycles. The molecule has 1 rings (SSSR count). The molecule has 0 aromatic heterocycles. The number of carbonyl (C=O) groups excluding carboxylic acids is 1. The summed E-state index contributed by atoms with van der Waals surface area (Å²) in [5.74, 6) is -0.377. The van der Waals surface area contributed by atoms with E-state index in [2.05, 4.69) is 5.32 Å². The van der Waals surface area contributed by atoms with E-state index in [1.54, 1.807) is 0 Å². The summed E-state index contributed by atoms with van der Waals surface area (Å²) >= 11 is 4.80. The molecule has 1 atom stereocenters. The highest BCUT2D eigenvalue weighted by Crippen LogP contribution is 2.10. The number of sulfone groups is 1. The number of hydrogen-bond acceptors (Lipinski definition) is 4. The molecular weight excluding hydrogens is 284 g/mol. The fraction of sp³-hybridized carbons (Fsp3) is 0.333. The van der Waals surface area contributed by atoms with Crippen molar-refractivity contribution in [3.8, 4) is 0 Å². The summed E-state index contributed by atoms with van der Waals surface area (Å²) in [7, 11) is -3.25. The van der Waals surface area contributed by atoms with Crippen molar-refractivity contribution in [1.29, 1.82) is 0 Å². The summed E-state index contributed by atoms with van der Waals surface area (Å²) in [5.41, 5.74) is 5.83. The number of benzene rings is 1. The third-order valence-electron chi connectivity index (χ3n) is 2.60. The number of amides is 1. The standard InChI is InChI=1S/C12H16N2O3S2/c1-8(11(13)18)7-14-12(15)9-3-5-10(6-4-9)19(2,16)17/h3-6,8H,7H2,1-2H3,(H2,13,18)(H,14,15). The van der Waals surface area contributed by atoms with E-state index in [1.165, 1.54) is 24.3 Å². The minimum absolute atomic E-state index is 0.0887. The van der Waals surface area contributed by atoms with Gasteiger partial charge < -0.3 is 11.1 Å². The Labute approximate surface area is 118 Å². The van der Waals surface area contributed by atoms with E-state index in [1.807, 2.05) is 6.92 Å². The second-order valence-corrected chi connectivity index (χ2v) is 6.80. The molecule has 0 bridgehead atoms. The average molecular weight is 300 g/mol. The second kappa shape index (κ2) is 6.12. The Kier molecular flexibility index (Phi) is 5.02. The van der Waals surface area contributed by atoms with Crippen molar-refractivity contribution in [3.63, 3.8) is 0 Å². The molecule has 0 aliphatic carbocycles. The van der Waals surface area contributed by atoms with Gasteiger partial charge in [-0.05, 0) is 24.3 Å². The monoisotopic (exact) mass is 300 g/mol. The number of thiocarbonyl (C=S) groups is 1. The summed E-state index contributed by atoms with van der Waals surface area (Å²) in [4.78, 5) is 12.3. The first-order valence-corrected chi connectivity index (χ1v) is 7.89. The van der Waals surface area contributed by atoms with Crippen molar-refractivity contribution in [2.24, 2.45) is 11.7 Å². The van der Waals surface area contributed by atoms with E-state index in [4.69, 9.17) is 18.0 Å². The van der Waals surface area contributed by atoms with Crippen LogP contribution in [0.5, 0.6) is 0 Å². The number of carbonyl (C=O) groups is 1. The summed E-state index contributed by atoms with van der Waals surface area (Å²) in [6.45, 7) is 2.16. The van der Waals surface area contributed by atoms with Gasteiger partial charge in [-0.1, -0.05) is 19.1 Å². The minimum Gasteiger partial charge on any atom is -0.393 e. The van der Waals surface area contributed by atoms with Gasteiger partial charge >= 0.3 is 0 Å². The van der Waals surface area contributed by atoms with Crippen molar-refractivity contribution in [1.82, 2.24) is 5.32 Å². The Morgan fingerprint density at radius 3 is 2.32 bits per heavy atom. The first-order chi connectivity index (χ1) is 8.71. The molecule has 0 spiro atoms. The van der Waals surface area contributed by atoms with Crippen molar-refractivity contribution >= 4 is 33.0 Å². The maximum absolute atomic E-state index is 11.8. The maximum atomic E-state index is 11.8. The molecule has 1 amide bonds. The number of nitrogens with one attached hydrogen (secondary N) is 1. The van der Waals surface area contributed by atoms with E-state index >= 15 is 0 Å². The van der Waals surface area contributed by atoms with Crippen LogP contribution in [0.3, 0.4) is 0 Å². The Morgan fingerprint density at radius 1 is 1.37 bits per heavy atom. The van der Waals surface area contributed by atoms with Crippen LogP contribution in [-0.4, -0.2) is 32.1 Å². The predicted octanol–water partition coefficient (Wildman–Crippen LogP) is 0.742. The Hall–Kier alpha value is -1.47. The van der Waals surface area contributed by atoms with E-state index in [0.29, 0.717) is 17.1 Å². The maximum Gasteiger partial charge on any atom is 0.251 e. The van der Waals surface area contributed by atoms with Crippen molar-refractivity contribution < 1.29 is 13.2 Å². The smallest absolute Gasteiger partial charge is 0.251 e. The van der Waals surface area contributed by atoms with Gasteiger partial charge in [0.1, 0.15) is 0 Å². The number of nitrogens with two attached hydrogens (primary N) is 1. The van der Waals surface area contributed by atoms with Crippen LogP contribution in [0.25, 0.3) is 0 Å². The first kappa shape index (κ1) is 15.6. The van der Waals surface area contributed by atoms with Gasteiger partial charge in [-0.3, -0.25) is 4.79 Å². The minimum atomic E-state index is -3.25. The number of rotatable bonds is 5. The molecule has 19 heavy (non-hydrogen) atoms. The zero-order valence-electron chi connectivity index (χ0n) is 10.7. The van der Waals surface area contributed by atoms with Gasteiger partial charge in [-0.2, -0.15) is 0 Å². The van der Waals surface area contributed by atoms with Crippen molar-refractivity contribution in [2.75, 3.05) is 12.8 Å². The van der Waals surface area contributed by atoms with Crippen LogP contribution in [0, 0.1) is 5.92 Å². The van der Waals surface area contributed by atoms with Gasteiger partial charge in [-0.15, -0.1) is 0 Å². The van der Waals surface area contributed by atoms with Crippen LogP contribution >= 0.6 is 12.2 Å². The van der Waals surface area contributed by atoms with Gasteiger partial charge in [0.2, 0.25) is 0 Å². The van der Waals surface area contributed by atoms with E-state index < -0.39 is 9.84 Å². The van der Waals surface area contributed by atoms with Gasteiger partial charge in [0.25, 0.3) is 5.91 Å². The van der Waals surface area contributed by atoms with Gasteiger partial charge in [0.05, 0.1) is 9.88 Å². The first-order valence-electron chi connectivity index (χ1n) is 5.59. The largest absolute Gasteiger partial charge is 0.393 e. The molecule has 0 radical (unpaired) electrons. The highest BCUT2D eigenvalue weighted by Gasteiger charge is 2.11. The highest BCUT2D eigenvalue weighted by molar-refractivity contribution is 7.90. The fourth-order valence-corrected chi connectivity index (χ4v) is 2.02. The fourth-order valence-electron chi connectivity index (χ4n) is 1.30. The summed E-state index contributed by atoms with van der Waals surface area (Å²) < 4.78 is 22.6. The Morgan fingerprint density at radius 2 is 1.89 bits per heavy atom. The predicted molar refractivity (Wildman–Crippen MR) is 77.8 cm³/mol. The van der Waals surface area contributed by atoms with E-state index in [0.717, 1.165) is 6.26 Å². The molecule has 0 heterocycles. The quantitative estimate of drug-likeness (QED) is 0.783. The zero-order valence-corrected chi connectivity index (χ0v) is 12.3. The molecule has 0 aliphatic heterocycles. The van der Waals surface area contributed by atoms with Crippen LogP contribution in [-0.2, 0) is 9.84 Å². The van der Waals surface area contributed by atoms with Gasteiger partial charge in [0, 0.05) is 24.3 Å². The number of hydrogen-bond donors (Lipinski definition) is 2. The Balaban J connectivity index is 2.71. The van der Waals surface area contributed by atoms with Gasteiger partial charge in [-0.25, -0.2) is 8.42 Å². The molecule has 0 aliphatic rings. The average Bonchev–Trinajstić information content (AvgIpc) is 2.34. The lowest BCUT2D eigenvalue weighted by molar-refractivity contribution is 0.0951. The molecule has 0 fully saturated rings. The van der Waals surface area contributed by atoms with Gasteiger partial charge in [0.15, 0.2) is 9.84 Å². The summed E-state index contributed by atoms with van der Waals surface area (Å²) in [6, 6.07) is 5.75. The molecule has 1 aromatic carbocycles. The Bertz CT molecular complexity index is 579. The van der Waals surface area contributed by atoms with Crippen LogP contribution in [0.2, 0.25) is 0 Å². The topological polar surface area (TPSA) is 89.3 Å². The third-order valence-corrected chi connectivity index (χ3v) is 4.13. The molecule has 7 heteroatoms. The van der Waals surface area contributed by atoms with E-state index in [-0.39, 0.29) is 16.7 Å². The summed E-state index contributed by atoms with van der Waals surface area (Å²) in [5, 5.41) is 2.68.